The van der Waals surface area contributed by atoms with E-state index >= 15 is 0 Å². The molecule has 1 amide bonds. The summed E-state index contributed by atoms with van der Waals surface area (Å²) in [6.45, 7) is 5.26. The second-order valence-corrected chi connectivity index (χ2v) is 10.1. The summed E-state index contributed by atoms with van der Waals surface area (Å²) in [7, 11) is 0. The Morgan fingerprint density at radius 1 is 1.20 bits per heavy atom. The average molecular weight is 483 g/mol. The zero-order valence-electron chi connectivity index (χ0n) is 19.4. The van der Waals surface area contributed by atoms with Crippen LogP contribution in [0.3, 0.4) is 0 Å². The number of hydrogen-bond acceptors (Lipinski definition) is 5. The molecule has 35 heavy (non-hydrogen) atoms. The highest BCUT2D eigenvalue weighted by Gasteiger charge is 2.76. The molecule has 0 aromatic carbocycles. The largest absolute Gasteiger partial charge is 0.472 e. The van der Waals surface area contributed by atoms with Gasteiger partial charge >= 0.3 is 6.18 Å². The highest BCUT2D eigenvalue weighted by Crippen LogP contribution is 2.71. The number of alkyl halides is 3. The predicted octanol–water partition coefficient (Wildman–Crippen LogP) is 4.13. The number of rotatable bonds is 4. The minimum absolute atomic E-state index is 0.0642. The third-order valence-corrected chi connectivity index (χ3v) is 7.83. The lowest BCUT2D eigenvalue weighted by Crippen LogP contribution is -2.59. The van der Waals surface area contributed by atoms with Gasteiger partial charge in [-0.1, -0.05) is 11.6 Å². The van der Waals surface area contributed by atoms with E-state index in [4.69, 9.17) is 4.74 Å². The molecule has 3 fully saturated rings. The van der Waals surface area contributed by atoms with Crippen LogP contribution in [-0.2, 0) is 11.0 Å². The Labute approximate surface area is 200 Å². The highest BCUT2D eigenvalue weighted by atomic mass is 19.4. The van der Waals surface area contributed by atoms with Crippen molar-refractivity contribution in [3.8, 4) is 5.88 Å². The van der Waals surface area contributed by atoms with Gasteiger partial charge in [-0.05, 0) is 56.4 Å². The van der Waals surface area contributed by atoms with E-state index in [0.717, 1.165) is 47.6 Å². The average Bonchev–Trinajstić information content (AvgIpc) is 3.47. The smallest absolute Gasteiger partial charge is 0.417 e. The fourth-order valence-electron chi connectivity index (χ4n) is 6.00. The number of nitrogens with zero attached hydrogens (tertiary/aromatic N) is 3. The van der Waals surface area contributed by atoms with Crippen LogP contribution in [0.5, 0.6) is 5.88 Å². The van der Waals surface area contributed by atoms with Crippen molar-refractivity contribution >= 4 is 11.6 Å². The number of pyridine rings is 2. The fraction of sp³-hybridized carbons (Fsp3) is 0.423. The van der Waals surface area contributed by atoms with E-state index in [0.29, 0.717) is 24.6 Å². The van der Waals surface area contributed by atoms with Gasteiger partial charge in [0.1, 0.15) is 6.10 Å². The van der Waals surface area contributed by atoms with Crippen molar-refractivity contribution in [2.45, 2.75) is 45.0 Å². The first-order valence-electron chi connectivity index (χ1n) is 11.8. The molecule has 1 saturated heterocycles. The van der Waals surface area contributed by atoms with Gasteiger partial charge in [-0.25, -0.2) is 4.98 Å². The maximum Gasteiger partial charge on any atom is 0.417 e. The lowest BCUT2D eigenvalue weighted by Gasteiger charge is -2.47. The molecule has 9 heteroatoms. The van der Waals surface area contributed by atoms with Crippen molar-refractivity contribution in [1.82, 2.24) is 20.2 Å². The molecule has 4 atom stereocenters. The summed E-state index contributed by atoms with van der Waals surface area (Å²) in [5.74, 6) is 0.523. The Morgan fingerprint density at radius 2 is 2.03 bits per heavy atom. The number of nitrogens with one attached hydrogen (secondary N) is 1. The maximum atomic E-state index is 13.9. The Morgan fingerprint density at radius 3 is 2.74 bits per heavy atom. The van der Waals surface area contributed by atoms with Gasteiger partial charge in [0.05, 0.1) is 28.6 Å². The molecule has 6 rings (SSSR count). The number of amides is 1. The van der Waals surface area contributed by atoms with Gasteiger partial charge in [-0.2, -0.15) is 13.2 Å². The number of halogens is 3. The lowest BCUT2D eigenvalue weighted by molar-refractivity contribution is -0.138. The Kier molecular flexibility index (Phi) is 4.78. The Hall–Kier alpha value is -3.36. The molecule has 0 radical (unpaired) electrons. The van der Waals surface area contributed by atoms with E-state index < -0.39 is 11.7 Å². The maximum absolute atomic E-state index is 13.9. The summed E-state index contributed by atoms with van der Waals surface area (Å²) >= 11 is 0. The van der Waals surface area contributed by atoms with Crippen molar-refractivity contribution in [2.24, 2.45) is 11.3 Å². The molecule has 6 nitrogen and oxygen atoms in total. The van der Waals surface area contributed by atoms with Gasteiger partial charge < -0.3 is 15.0 Å². The topological polar surface area (TPSA) is 67.4 Å². The zero-order chi connectivity index (χ0) is 24.5. The minimum atomic E-state index is -4.45. The predicted molar refractivity (Wildman–Crippen MR) is 122 cm³/mol. The summed E-state index contributed by atoms with van der Waals surface area (Å²) in [5, 5.41) is 3.38. The number of dihydropyridines is 1. The van der Waals surface area contributed by atoms with Crippen molar-refractivity contribution in [3.05, 3.63) is 70.7 Å². The first-order valence-corrected chi connectivity index (χ1v) is 11.8. The third kappa shape index (κ3) is 3.51. The molecule has 1 N–H and O–H groups in total. The van der Waals surface area contributed by atoms with Crippen molar-refractivity contribution in [3.63, 3.8) is 0 Å². The van der Waals surface area contributed by atoms with E-state index in [2.05, 4.69) is 15.3 Å². The van der Waals surface area contributed by atoms with Crippen LogP contribution >= 0.6 is 0 Å². The molecule has 4 heterocycles. The quantitative estimate of drug-likeness (QED) is 0.710. The fourth-order valence-corrected chi connectivity index (χ4v) is 6.00. The molecular weight excluding hydrogens is 457 g/mol. The number of hydrogen-bond donors (Lipinski definition) is 1. The Bertz CT molecular complexity index is 1270. The van der Waals surface area contributed by atoms with Gasteiger partial charge in [0.2, 0.25) is 5.88 Å². The van der Waals surface area contributed by atoms with Gasteiger partial charge in [0, 0.05) is 37.0 Å². The first kappa shape index (κ1) is 22.1. The summed E-state index contributed by atoms with van der Waals surface area (Å²) in [4.78, 5) is 24.2. The summed E-state index contributed by atoms with van der Waals surface area (Å²) in [6.07, 6.45) is 1.54. The number of piperidine rings is 1. The second-order valence-electron chi connectivity index (χ2n) is 10.1. The van der Waals surface area contributed by atoms with Crippen LogP contribution < -0.4 is 10.1 Å². The van der Waals surface area contributed by atoms with Crippen LogP contribution in [0.4, 0.5) is 13.2 Å². The molecule has 4 unspecified atom stereocenters. The van der Waals surface area contributed by atoms with E-state index in [9.17, 15) is 18.0 Å². The normalized spacial score (nSPS) is 29.0. The number of carbonyl (C=O) groups excluding carboxylic acids is 1. The molecule has 2 aromatic heterocycles. The number of ether oxygens (including phenoxy) is 1. The zero-order valence-corrected chi connectivity index (χ0v) is 19.4. The second kappa shape index (κ2) is 7.57. The number of likely N-dealkylation sites (tertiary alicyclic amines) is 1. The van der Waals surface area contributed by atoms with Crippen molar-refractivity contribution in [2.75, 3.05) is 13.1 Å². The Balaban J connectivity index is 1.27. The summed E-state index contributed by atoms with van der Waals surface area (Å²) in [6, 6.07) is 5.95. The molecule has 2 aliphatic carbocycles. The third-order valence-electron chi connectivity index (χ3n) is 7.83. The standard InChI is InChI=1S/C26H25F3N4O2/c1-14-8-18(22(32-11-14)21-15(2)4-3-7-30-21)24(34)33-13-17-9-25(17)10-19(23(25)33)35-20-6-5-16(12-31-20)26(27,28)29/h3-8,12,17,19,23,32H,9-11,13H2,1-2H3. The van der Waals surface area contributed by atoms with E-state index in [-0.39, 0.29) is 29.3 Å². The minimum Gasteiger partial charge on any atom is -0.472 e. The molecule has 2 aliphatic heterocycles. The summed E-state index contributed by atoms with van der Waals surface area (Å²) in [5.41, 5.74) is 3.36. The van der Waals surface area contributed by atoms with Gasteiger partial charge in [0.15, 0.2) is 0 Å². The number of aromatic nitrogens is 2. The lowest BCUT2D eigenvalue weighted by atomic mass is 9.73. The van der Waals surface area contributed by atoms with Crippen LogP contribution in [0.25, 0.3) is 5.70 Å². The molecule has 1 spiro atoms. The number of carbonyl (C=O) groups is 1. The van der Waals surface area contributed by atoms with Crippen LogP contribution in [0.15, 0.2) is 53.9 Å². The summed E-state index contributed by atoms with van der Waals surface area (Å²) < 4.78 is 44.6. The van der Waals surface area contributed by atoms with Crippen LogP contribution in [0, 0.1) is 18.3 Å². The first-order chi connectivity index (χ1) is 16.7. The van der Waals surface area contributed by atoms with Crippen molar-refractivity contribution in [1.29, 1.82) is 0 Å². The van der Waals surface area contributed by atoms with Crippen LogP contribution in [0.1, 0.15) is 36.6 Å². The monoisotopic (exact) mass is 482 g/mol. The van der Waals surface area contributed by atoms with Crippen molar-refractivity contribution < 1.29 is 22.7 Å². The molecule has 2 saturated carbocycles. The SMILES string of the molecule is CC1=CC(C(=O)N2CC3CC34CC(Oc3ccc(C(F)(F)F)cn3)C24)=C(c2ncccc2C)NC1. The highest BCUT2D eigenvalue weighted by molar-refractivity contribution is 6.04. The van der Waals surface area contributed by atoms with E-state index in [1.807, 2.05) is 37.0 Å². The molecule has 4 aliphatic rings. The molecule has 182 valence electrons. The van der Waals surface area contributed by atoms with E-state index in [1.54, 1.807) is 6.20 Å². The number of aryl methyl sites for hydroxylation is 1. The molecular formula is C26H25F3N4O2. The van der Waals surface area contributed by atoms with Gasteiger partial charge in [-0.15, -0.1) is 0 Å². The van der Waals surface area contributed by atoms with E-state index in [1.165, 1.54) is 6.07 Å². The molecule has 0 bridgehead atoms. The van der Waals surface area contributed by atoms with Crippen LogP contribution in [0.2, 0.25) is 0 Å². The van der Waals surface area contributed by atoms with Gasteiger partial charge in [0.25, 0.3) is 5.91 Å². The molecule has 2 aromatic rings. The van der Waals surface area contributed by atoms with Crippen LogP contribution in [-0.4, -0.2) is 46.0 Å². The van der Waals surface area contributed by atoms with Gasteiger partial charge in [-0.3, -0.25) is 9.78 Å².